The fourth-order valence-electron chi connectivity index (χ4n) is 4.09. The third-order valence-electron chi connectivity index (χ3n) is 6.67. The van der Waals surface area contributed by atoms with Crippen LogP contribution in [-0.2, 0) is 0 Å². The van der Waals surface area contributed by atoms with Gasteiger partial charge in [0.05, 0.1) is 0 Å². The maximum absolute atomic E-state index is 12.3. The van der Waals surface area contributed by atoms with E-state index in [0.717, 1.165) is 47.0 Å². The zero-order chi connectivity index (χ0) is 28.3. The average molecular weight is 653 g/mol. The topological polar surface area (TPSA) is 63.4 Å². The Balaban J connectivity index is 0.000000316. The van der Waals surface area contributed by atoms with Gasteiger partial charge in [-0.05, 0) is 52.6 Å². The van der Waals surface area contributed by atoms with Crippen molar-refractivity contribution in [3.05, 3.63) is 70.8 Å². The second-order valence-corrected chi connectivity index (χ2v) is 11.9. The molecule has 1 fully saturated rings. The van der Waals surface area contributed by atoms with E-state index >= 15 is 0 Å². The van der Waals surface area contributed by atoms with E-state index in [0.29, 0.717) is 6.54 Å². The number of carbonyl (C=O) groups is 2. The molecule has 1 aliphatic rings. The van der Waals surface area contributed by atoms with Crippen LogP contribution in [0.25, 0.3) is 0 Å². The predicted octanol–water partition coefficient (Wildman–Crippen LogP) is 8.02. The van der Waals surface area contributed by atoms with Crippen molar-refractivity contribution in [2.45, 2.75) is 66.2 Å². The van der Waals surface area contributed by atoms with Crippen molar-refractivity contribution in [3.8, 4) is 0 Å². The minimum Gasteiger partial charge on any atom is -0.330 e. The molecule has 212 valence electrons. The van der Waals surface area contributed by atoms with E-state index < -0.39 is 0 Å². The molecular weight excluding hydrogens is 604 g/mol. The highest BCUT2D eigenvalue weighted by Gasteiger charge is 2.19. The fraction of sp³-hybridized carbons (Fsp3) is 0.562. The van der Waals surface area contributed by atoms with Crippen molar-refractivity contribution in [1.29, 1.82) is 0 Å². The monoisotopic (exact) mass is 650 g/mol. The summed E-state index contributed by atoms with van der Waals surface area (Å²) in [6.07, 6.45) is 7.88. The van der Waals surface area contributed by atoms with Crippen molar-refractivity contribution in [3.63, 3.8) is 0 Å². The van der Waals surface area contributed by atoms with Crippen molar-refractivity contribution in [2.75, 3.05) is 36.8 Å². The molecule has 0 bridgehead atoms. The molecule has 0 radical (unpaired) electrons. The summed E-state index contributed by atoms with van der Waals surface area (Å²) in [5.74, 6) is 0.427. The quantitative estimate of drug-likeness (QED) is 0.152. The van der Waals surface area contributed by atoms with Crippen LogP contribution in [0, 0.1) is 25.7 Å². The molecule has 2 N–H and O–H groups in total. The summed E-state index contributed by atoms with van der Waals surface area (Å²) in [5.41, 5.74) is 9.39. The van der Waals surface area contributed by atoms with E-state index in [1.165, 1.54) is 44.1 Å². The van der Waals surface area contributed by atoms with Crippen LogP contribution in [0.3, 0.4) is 0 Å². The van der Waals surface area contributed by atoms with Crippen LogP contribution in [0.4, 0.5) is 0 Å². The number of rotatable bonds is 11. The molecular formula is C32H48Br2N2O2. The highest BCUT2D eigenvalue weighted by atomic mass is 79.9. The van der Waals surface area contributed by atoms with Crippen molar-refractivity contribution in [2.24, 2.45) is 17.6 Å². The van der Waals surface area contributed by atoms with Gasteiger partial charge in [-0.15, -0.1) is 0 Å². The molecule has 0 spiro atoms. The Bertz CT molecular complexity index is 906. The largest absolute Gasteiger partial charge is 0.330 e. The molecule has 3 rings (SSSR count). The molecule has 1 aliphatic heterocycles. The van der Waals surface area contributed by atoms with Gasteiger partial charge >= 0.3 is 0 Å². The van der Waals surface area contributed by atoms with Crippen LogP contribution in [0.2, 0.25) is 0 Å². The normalized spacial score (nSPS) is 14.8. The van der Waals surface area contributed by atoms with Gasteiger partial charge in [-0.2, -0.15) is 0 Å². The van der Waals surface area contributed by atoms with E-state index in [1.54, 1.807) is 0 Å². The molecule has 2 aromatic rings. The van der Waals surface area contributed by atoms with Crippen LogP contribution >= 0.6 is 31.9 Å². The molecule has 6 heteroatoms. The number of piperidine rings is 1. The van der Waals surface area contributed by atoms with Gasteiger partial charge in [-0.3, -0.25) is 9.59 Å². The lowest BCUT2D eigenvalue weighted by Gasteiger charge is -2.28. The number of carbonyl (C=O) groups excluding carboxylic acids is 2. The number of nitrogens with zero attached hydrogens (tertiary/aromatic N) is 1. The van der Waals surface area contributed by atoms with Crippen molar-refractivity contribution < 1.29 is 9.59 Å². The maximum Gasteiger partial charge on any atom is 0.166 e. The number of aryl methyl sites for hydroxylation is 2. The first kappa shape index (κ1) is 34.7. The Hall–Kier alpha value is -1.34. The Kier molecular flexibility index (Phi) is 18.8. The molecule has 38 heavy (non-hydrogen) atoms. The molecule has 0 aromatic heterocycles. The van der Waals surface area contributed by atoms with Gasteiger partial charge in [-0.1, -0.05) is 118 Å². The summed E-state index contributed by atoms with van der Waals surface area (Å²) in [4.78, 5) is 26.3. The molecule has 0 aliphatic carbocycles. The van der Waals surface area contributed by atoms with Crippen LogP contribution in [-0.4, -0.2) is 53.3 Å². The van der Waals surface area contributed by atoms with Gasteiger partial charge in [0.2, 0.25) is 0 Å². The second-order valence-electron chi connectivity index (χ2n) is 10.3. The summed E-state index contributed by atoms with van der Waals surface area (Å²) in [5, 5.41) is 2.31. The van der Waals surface area contributed by atoms with E-state index in [1.807, 2.05) is 69.3 Å². The smallest absolute Gasteiger partial charge is 0.166 e. The molecule has 1 heterocycles. The molecule has 2 aromatic carbocycles. The summed E-state index contributed by atoms with van der Waals surface area (Å²) in [6.45, 7) is 11.6. The standard InChI is InChI=1S/C16H23NO.C11H15NO.C5H10Br2/c1-13-6-8-15(9-7-13)16(18)14(2)12-17-10-4-3-5-11-17;1-8-3-5-10(6-4-8)11(13)9(2)7-12;6-4-2-1-3-5-7/h6-9,14H,3-5,10-12H2,1-2H3;3-6,9H,7,12H2,1-2H3;1-5H2. The number of unbranched alkanes of at least 4 members (excludes halogenated alkanes) is 2. The minimum atomic E-state index is -0.0808. The number of nitrogens with two attached hydrogens (primary N) is 1. The third-order valence-corrected chi connectivity index (χ3v) is 7.79. The number of Topliss-reactive ketones (excluding diaryl/α,β-unsaturated/α-hetero) is 2. The van der Waals surface area contributed by atoms with E-state index in [2.05, 4.69) is 43.7 Å². The fourth-order valence-corrected chi connectivity index (χ4v) is 4.88. The predicted molar refractivity (Wildman–Crippen MR) is 170 cm³/mol. The first-order valence-corrected chi connectivity index (χ1v) is 16.2. The van der Waals surface area contributed by atoms with E-state index in [-0.39, 0.29) is 23.4 Å². The number of alkyl halides is 2. The third kappa shape index (κ3) is 14.2. The Morgan fingerprint density at radius 2 is 1.16 bits per heavy atom. The zero-order valence-electron chi connectivity index (χ0n) is 23.9. The number of halogens is 2. The van der Waals surface area contributed by atoms with Crippen molar-refractivity contribution in [1.82, 2.24) is 4.90 Å². The van der Waals surface area contributed by atoms with Gasteiger partial charge in [-0.25, -0.2) is 0 Å². The number of likely N-dealkylation sites (tertiary alicyclic amines) is 1. The van der Waals surface area contributed by atoms with Crippen LogP contribution in [0.15, 0.2) is 48.5 Å². The summed E-state index contributed by atoms with van der Waals surface area (Å²) in [7, 11) is 0. The summed E-state index contributed by atoms with van der Waals surface area (Å²) in [6, 6.07) is 15.5. The van der Waals surface area contributed by atoms with Gasteiger partial charge < -0.3 is 10.6 Å². The average Bonchev–Trinajstić information content (AvgIpc) is 2.94. The van der Waals surface area contributed by atoms with Crippen LogP contribution in [0.5, 0.6) is 0 Å². The van der Waals surface area contributed by atoms with Gasteiger partial charge in [0.1, 0.15) is 0 Å². The Labute approximate surface area is 248 Å². The van der Waals surface area contributed by atoms with Gasteiger partial charge in [0.25, 0.3) is 0 Å². The first-order valence-electron chi connectivity index (χ1n) is 14.0. The van der Waals surface area contributed by atoms with Crippen LogP contribution in [0.1, 0.15) is 84.2 Å². The highest BCUT2D eigenvalue weighted by Crippen LogP contribution is 2.15. The highest BCUT2D eigenvalue weighted by molar-refractivity contribution is 9.09. The summed E-state index contributed by atoms with van der Waals surface area (Å²) < 4.78 is 0. The molecule has 2 unspecified atom stereocenters. The van der Waals surface area contributed by atoms with E-state index in [4.69, 9.17) is 5.73 Å². The zero-order valence-corrected chi connectivity index (χ0v) is 27.0. The molecule has 1 saturated heterocycles. The minimum absolute atomic E-state index is 0.0808. The number of benzene rings is 2. The summed E-state index contributed by atoms with van der Waals surface area (Å²) >= 11 is 6.73. The maximum atomic E-state index is 12.3. The number of hydrogen-bond donors (Lipinski definition) is 1. The number of hydrogen-bond acceptors (Lipinski definition) is 4. The molecule has 4 nitrogen and oxygen atoms in total. The number of ketones is 2. The van der Waals surface area contributed by atoms with Crippen LogP contribution < -0.4 is 5.73 Å². The van der Waals surface area contributed by atoms with Gasteiger partial charge in [0, 0.05) is 46.7 Å². The molecule has 0 amide bonds. The Morgan fingerprint density at radius 3 is 1.55 bits per heavy atom. The lowest BCUT2D eigenvalue weighted by molar-refractivity contribution is 0.0882. The Morgan fingerprint density at radius 1 is 0.737 bits per heavy atom. The second kappa shape index (κ2) is 20.5. The van der Waals surface area contributed by atoms with E-state index in [9.17, 15) is 9.59 Å². The molecule has 0 saturated carbocycles. The molecule has 2 atom stereocenters. The first-order chi connectivity index (χ1) is 18.2. The SMILES string of the molecule is BrCCCCCBr.Cc1ccc(C(=O)C(C)CN)cc1.Cc1ccc(C(=O)C(C)CN2CCCCC2)cc1. The van der Waals surface area contributed by atoms with Gasteiger partial charge in [0.15, 0.2) is 11.6 Å². The lowest BCUT2D eigenvalue weighted by atomic mass is 9.97. The van der Waals surface area contributed by atoms with Crippen molar-refractivity contribution >= 4 is 43.4 Å². The lowest BCUT2D eigenvalue weighted by Crippen LogP contribution is -2.35.